The molecule has 3 N–H and O–H groups in total. The summed E-state index contributed by atoms with van der Waals surface area (Å²) in [5, 5.41) is 8.75. The number of ether oxygens (including phenoxy) is 1. The molecule has 0 saturated carbocycles. The van der Waals surface area contributed by atoms with Crippen LogP contribution in [0.5, 0.6) is 0 Å². The van der Waals surface area contributed by atoms with E-state index in [0.29, 0.717) is 0 Å². The number of rotatable bonds is 3. The number of carbonyl (C=O) groups is 1. The van der Waals surface area contributed by atoms with E-state index in [1.54, 1.807) is 20.8 Å². The number of hydrogen-bond acceptors (Lipinski definition) is 3. The van der Waals surface area contributed by atoms with Crippen LogP contribution in [0.2, 0.25) is 0 Å². The molecule has 0 bridgehead atoms. The van der Waals surface area contributed by atoms with Gasteiger partial charge in [-0.25, -0.2) is 4.79 Å². The molecule has 0 aliphatic heterocycles. The third-order valence-corrected chi connectivity index (χ3v) is 1.82. The average molecular weight is 161 g/mol. The van der Waals surface area contributed by atoms with Gasteiger partial charge in [-0.1, -0.05) is 6.92 Å². The first-order valence-corrected chi connectivity index (χ1v) is 3.49. The van der Waals surface area contributed by atoms with Gasteiger partial charge < -0.3 is 15.6 Å². The number of amides is 1. The first kappa shape index (κ1) is 10.2. The molecule has 0 heterocycles. The van der Waals surface area contributed by atoms with E-state index in [0.717, 1.165) is 0 Å². The Hall–Kier alpha value is -0.770. The second-order valence-corrected chi connectivity index (χ2v) is 3.11. The molecule has 4 heteroatoms. The summed E-state index contributed by atoms with van der Waals surface area (Å²) >= 11 is 0. The quantitative estimate of drug-likeness (QED) is 0.632. The van der Waals surface area contributed by atoms with Crippen molar-refractivity contribution in [2.45, 2.75) is 26.4 Å². The van der Waals surface area contributed by atoms with Crippen LogP contribution in [0.15, 0.2) is 0 Å². The Labute approximate surface area is 66.3 Å². The molecule has 0 aliphatic carbocycles. The van der Waals surface area contributed by atoms with Crippen LogP contribution in [0.3, 0.4) is 0 Å². The van der Waals surface area contributed by atoms with Gasteiger partial charge in [0, 0.05) is 12.5 Å². The molecular formula is C7H15NO3. The Morgan fingerprint density at radius 1 is 1.73 bits per heavy atom. The van der Waals surface area contributed by atoms with E-state index in [1.807, 2.05) is 0 Å². The normalized spacial score (nSPS) is 14.2. The van der Waals surface area contributed by atoms with Gasteiger partial charge in [-0.05, 0) is 13.8 Å². The van der Waals surface area contributed by atoms with E-state index < -0.39 is 11.7 Å². The minimum atomic E-state index is -0.810. The number of aliphatic hydroxyl groups is 1. The van der Waals surface area contributed by atoms with Gasteiger partial charge in [0.25, 0.3) is 0 Å². The van der Waals surface area contributed by atoms with Gasteiger partial charge in [0.1, 0.15) is 5.60 Å². The summed E-state index contributed by atoms with van der Waals surface area (Å²) in [4.78, 5) is 10.4. The molecule has 1 unspecified atom stereocenters. The molecule has 0 aliphatic rings. The summed E-state index contributed by atoms with van der Waals surface area (Å²) < 4.78 is 4.77. The molecule has 0 spiro atoms. The molecule has 0 aromatic rings. The van der Waals surface area contributed by atoms with Crippen molar-refractivity contribution in [1.82, 2.24) is 0 Å². The second kappa shape index (κ2) is 3.57. The van der Waals surface area contributed by atoms with Gasteiger partial charge in [0.2, 0.25) is 0 Å². The molecule has 0 rings (SSSR count). The Bertz CT molecular complexity index is 145. The van der Waals surface area contributed by atoms with Crippen LogP contribution in [-0.2, 0) is 4.74 Å². The Morgan fingerprint density at radius 3 is 2.45 bits per heavy atom. The summed E-state index contributed by atoms with van der Waals surface area (Å²) in [7, 11) is 0. The van der Waals surface area contributed by atoms with Crippen molar-refractivity contribution >= 4 is 6.09 Å². The zero-order valence-electron chi connectivity index (χ0n) is 7.13. The molecule has 0 aromatic heterocycles. The summed E-state index contributed by atoms with van der Waals surface area (Å²) in [6.45, 7) is 5.17. The lowest BCUT2D eigenvalue weighted by atomic mass is 9.94. The number of aliphatic hydroxyl groups excluding tert-OH is 1. The summed E-state index contributed by atoms with van der Waals surface area (Å²) in [6.07, 6.45) is -0.810. The maximum absolute atomic E-state index is 10.4. The third kappa shape index (κ3) is 3.23. The van der Waals surface area contributed by atoms with Crippen LogP contribution in [0.1, 0.15) is 20.8 Å². The van der Waals surface area contributed by atoms with Crippen LogP contribution in [0, 0.1) is 5.92 Å². The molecule has 66 valence electrons. The fourth-order valence-corrected chi connectivity index (χ4v) is 0.580. The third-order valence-electron chi connectivity index (χ3n) is 1.82. The lowest BCUT2D eigenvalue weighted by Gasteiger charge is -2.29. The van der Waals surface area contributed by atoms with Gasteiger partial charge in [0.05, 0.1) is 0 Å². The van der Waals surface area contributed by atoms with Crippen LogP contribution in [0.4, 0.5) is 4.79 Å². The lowest BCUT2D eigenvalue weighted by molar-refractivity contribution is -0.0138. The second-order valence-electron chi connectivity index (χ2n) is 3.11. The van der Waals surface area contributed by atoms with Crippen molar-refractivity contribution in [2.24, 2.45) is 11.7 Å². The van der Waals surface area contributed by atoms with Gasteiger partial charge >= 0.3 is 6.09 Å². The summed E-state index contributed by atoms with van der Waals surface area (Å²) in [6, 6.07) is 0. The van der Waals surface area contributed by atoms with E-state index in [-0.39, 0.29) is 12.5 Å². The Morgan fingerprint density at radius 2 is 2.18 bits per heavy atom. The van der Waals surface area contributed by atoms with E-state index >= 15 is 0 Å². The van der Waals surface area contributed by atoms with Crippen molar-refractivity contribution in [3.63, 3.8) is 0 Å². The fraction of sp³-hybridized carbons (Fsp3) is 0.857. The Balaban J connectivity index is 4.08. The average Bonchev–Trinajstić information content (AvgIpc) is 1.83. The zero-order valence-corrected chi connectivity index (χ0v) is 7.13. The van der Waals surface area contributed by atoms with E-state index in [1.165, 1.54) is 0 Å². The molecule has 0 aromatic carbocycles. The van der Waals surface area contributed by atoms with Crippen LogP contribution in [-0.4, -0.2) is 23.4 Å². The van der Waals surface area contributed by atoms with Crippen molar-refractivity contribution in [3.05, 3.63) is 0 Å². The highest BCUT2D eigenvalue weighted by Crippen LogP contribution is 2.19. The van der Waals surface area contributed by atoms with E-state index in [2.05, 4.69) is 0 Å². The first-order chi connectivity index (χ1) is 4.90. The highest BCUT2D eigenvalue weighted by atomic mass is 16.6. The molecule has 1 amide bonds. The molecule has 4 nitrogen and oxygen atoms in total. The topological polar surface area (TPSA) is 72.6 Å². The van der Waals surface area contributed by atoms with Crippen LogP contribution >= 0.6 is 0 Å². The van der Waals surface area contributed by atoms with Gasteiger partial charge in [-0.15, -0.1) is 0 Å². The van der Waals surface area contributed by atoms with Gasteiger partial charge in [-0.2, -0.15) is 0 Å². The maximum Gasteiger partial charge on any atom is 0.405 e. The minimum Gasteiger partial charge on any atom is -0.443 e. The molecule has 11 heavy (non-hydrogen) atoms. The standard InChI is InChI=1S/C7H15NO3/c1-5(4-9)7(2,3)11-6(8)10/h5,9H,4H2,1-3H3,(H2,8,10). The monoisotopic (exact) mass is 161 g/mol. The molecule has 0 radical (unpaired) electrons. The molecule has 0 fully saturated rings. The lowest BCUT2D eigenvalue weighted by Crippen LogP contribution is -2.38. The predicted octanol–water partition coefficient (Wildman–Crippen LogP) is 0.489. The SMILES string of the molecule is CC(CO)C(C)(C)OC(N)=O. The fourth-order valence-electron chi connectivity index (χ4n) is 0.580. The van der Waals surface area contributed by atoms with E-state index in [9.17, 15) is 4.79 Å². The van der Waals surface area contributed by atoms with Crippen molar-refractivity contribution in [2.75, 3.05) is 6.61 Å². The van der Waals surface area contributed by atoms with Crippen LogP contribution in [0.25, 0.3) is 0 Å². The van der Waals surface area contributed by atoms with Crippen molar-refractivity contribution in [1.29, 1.82) is 0 Å². The molecule has 1 atom stereocenters. The number of primary amides is 1. The highest BCUT2D eigenvalue weighted by Gasteiger charge is 2.28. The molecule has 0 saturated heterocycles. The largest absolute Gasteiger partial charge is 0.443 e. The number of carbonyl (C=O) groups excluding carboxylic acids is 1. The van der Waals surface area contributed by atoms with Crippen LogP contribution < -0.4 is 5.73 Å². The van der Waals surface area contributed by atoms with Gasteiger partial charge in [-0.3, -0.25) is 0 Å². The summed E-state index contributed by atoms with van der Waals surface area (Å²) in [5.74, 6) is -0.116. The van der Waals surface area contributed by atoms with Crippen molar-refractivity contribution < 1.29 is 14.6 Å². The van der Waals surface area contributed by atoms with Gasteiger partial charge in [0.15, 0.2) is 0 Å². The molecular weight excluding hydrogens is 146 g/mol. The maximum atomic E-state index is 10.4. The highest BCUT2D eigenvalue weighted by molar-refractivity contribution is 5.65. The Kier molecular flexibility index (Phi) is 3.32. The van der Waals surface area contributed by atoms with Crippen molar-refractivity contribution in [3.8, 4) is 0 Å². The summed E-state index contributed by atoms with van der Waals surface area (Å²) in [5.41, 5.74) is 4.13. The first-order valence-electron chi connectivity index (χ1n) is 3.49. The smallest absolute Gasteiger partial charge is 0.405 e. The number of hydrogen-bond donors (Lipinski definition) is 2. The predicted molar refractivity (Wildman–Crippen MR) is 41.0 cm³/mol. The minimum absolute atomic E-state index is 0.0275. The number of nitrogens with two attached hydrogens (primary N) is 1. The van der Waals surface area contributed by atoms with E-state index in [4.69, 9.17) is 15.6 Å². The zero-order chi connectivity index (χ0) is 9.07.